The number of benzene rings is 1. The summed E-state index contributed by atoms with van der Waals surface area (Å²) >= 11 is 1.50. The minimum atomic E-state index is -2.47. The van der Waals surface area contributed by atoms with Crippen molar-refractivity contribution in [2.75, 3.05) is 11.9 Å². The van der Waals surface area contributed by atoms with Crippen LogP contribution in [0.4, 0.5) is 13.9 Å². The molecule has 7 nitrogen and oxygen atoms in total. The summed E-state index contributed by atoms with van der Waals surface area (Å²) in [4.78, 5) is 8.90. The molecule has 10 heteroatoms. The van der Waals surface area contributed by atoms with E-state index in [9.17, 15) is 13.9 Å². The highest BCUT2D eigenvalue weighted by molar-refractivity contribution is 7.22. The molecule has 0 saturated heterocycles. The first-order valence-electron chi connectivity index (χ1n) is 10.6. The van der Waals surface area contributed by atoms with Gasteiger partial charge in [-0.3, -0.25) is 9.67 Å². The molecule has 4 aromatic rings. The molecule has 0 aliphatic rings. The first-order chi connectivity index (χ1) is 15.9. The number of hydrogen-bond acceptors (Lipinski definition) is 7. The van der Waals surface area contributed by atoms with Crippen LogP contribution >= 0.6 is 11.3 Å². The second-order valence-electron chi connectivity index (χ2n) is 8.12. The van der Waals surface area contributed by atoms with E-state index < -0.39 is 13.0 Å². The van der Waals surface area contributed by atoms with Gasteiger partial charge < -0.3 is 15.2 Å². The number of nitrogens with one attached hydrogen (secondary N) is 1. The number of hydrogen-bond donors (Lipinski definition) is 2. The van der Waals surface area contributed by atoms with Crippen molar-refractivity contribution in [2.45, 2.75) is 39.3 Å². The normalized spacial score (nSPS) is 12.6. The van der Waals surface area contributed by atoms with Crippen LogP contribution < -0.4 is 10.1 Å². The van der Waals surface area contributed by atoms with Gasteiger partial charge in [0.1, 0.15) is 18.0 Å². The van der Waals surface area contributed by atoms with Crippen LogP contribution in [0.2, 0.25) is 0 Å². The summed E-state index contributed by atoms with van der Waals surface area (Å²) in [6.07, 6.45) is 3.03. The molecule has 1 atom stereocenters. The van der Waals surface area contributed by atoms with Crippen molar-refractivity contribution in [3.8, 4) is 22.8 Å². The summed E-state index contributed by atoms with van der Waals surface area (Å²) < 4.78 is 33.3. The van der Waals surface area contributed by atoms with Crippen LogP contribution in [-0.2, 0) is 6.54 Å². The van der Waals surface area contributed by atoms with Gasteiger partial charge in [0.05, 0.1) is 34.8 Å². The topological polar surface area (TPSA) is 85.1 Å². The monoisotopic (exact) mass is 473 g/mol. The van der Waals surface area contributed by atoms with E-state index in [0.717, 1.165) is 21.8 Å². The third-order valence-electron chi connectivity index (χ3n) is 4.88. The van der Waals surface area contributed by atoms with Gasteiger partial charge in [-0.2, -0.15) is 5.10 Å². The second-order valence-corrected chi connectivity index (χ2v) is 9.15. The van der Waals surface area contributed by atoms with E-state index >= 15 is 0 Å². The Kier molecular flexibility index (Phi) is 7.14. The van der Waals surface area contributed by atoms with Gasteiger partial charge in [-0.05, 0) is 30.5 Å². The number of halogens is 2. The van der Waals surface area contributed by atoms with Crippen molar-refractivity contribution < 1.29 is 18.6 Å². The second kappa shape index (κ2) is 10.2. The smallest absolute Gasteiger partial charge is 0.257 e. The Balaban J connectivity index is 1.48. The summed E-state index contributed by atoms with van der Waals surface area (Å²) in [6, 6.07) is 9.07. The number of aromatic nitrogens is 4. The van der Waals surface area contributed by atoms with E-state index in [2.05, 4.69) is 34.2 Å². The van der Waals surface area contributed by atoms with Gasteiger partial charge in [-0.1, -0.05) is 25.2 Å². The maximum Gasteiger partial charge on any atom is 0.257 e. The molecule has 0 saturated carbocycles. The average molecular weight is 474 g/mol. The number of alkyl halides is 2. The van der Waals surface area contributed by atoms with Crippen LogP contribution in [0.15, 0.2) is 48.9 Å². The van der Waals surface area contributed by atoms with E-state index in [4.69, 9.17) is 4.74 Å². The molecule has 0 bridgehead atoms. The summed E-state index contributed by atoms with van der Waals surface area (Å²) in [5, 5.41) is 17.6. The minimum Gasteiger partial charge on any atom is -0.457 e. The van der Waals surface area contributed by atoms with Crippen LogP contribution in [0.5, 0.6) is 11.5 Å². The molecule has 0 spiro atoms. The Bertz CT molecular complexity index is 1210. The van der Waals surface area contributed by atoms with Crippen molar-refractivity contribution in [3.63, 3.8) is 0 Å². The van der Waals surface area contributed by atoms with Crippen molar-refractivity contribution in [1.29, 1.82) is 0 Å². The molecule has 0 radical (unpaired) electrons. The maximum absolute atomic E-state index is 12.6. The molecule has 33 heavy (non-hydrogen) atoms. The van der Waals surface area contributed by atoms with Crippen LogP contribution in [-0.4, -0.2) is 43.9 Å². The number of nitrogens with zero attached hydrogens (tertiary/aromatic N) is 4. The molecule has 1 unspecified atom stereocenters. The van der Waals surface area contributed by atoms with E-state index in [1.54, 1.807) is 18.3 Å². The van der Waals surface area contributed by atoms with E-state index in [1.807, 2.05) is 18.2 Å². The Labute approximate surface area is 194 Å². The Hall–Kier alpha value is -3.11. The molecule has 3 aromatic heterocycles. The van der Waals surface area contributed by atoms with Crippen LogP contribution in [0, 0.1) is 5.92 Å². The zero-order chi connectivity index (χ0) is 23.4. The first kappa shape index (κ1) is 23.1. The van der Waals surface area contributed by atoms with Crippen molar-refractivity contribution >= 4 is 26.7 Å². The Morgan fingerprint density at radius 2 is 2.00 bits per heavy atom. The third kappa shape index (κ3) is 6.02. The molecule has 0 amide bonds. The van der Waals surface area contributed by atoms with Crippen molar-refractivity contribution in [1.82, 2.24) is 19.7 Å². The molecule has 2 N–H and O–H groups in total. The quantitative estimate of drug-likeness (QED) is 0.319. The molecule has 4 rings (SSSR count). The number of fused-ring (bicyclic) bond motifs is 1. The third-order valence-corrected chi connectivity index (χ3v) is 5.83. The molecule has 174 valence electrons. The van der Waals surface area contributed by atoms with Crippen molar-refractivity contribution in [2.24, 2.45) is 5.92 Å². The van der Waals surface area contributed by atoms with Crippen LogP contribution in [0.25, 0.3) is 21.5 Å². The standard InChI is InChI=1S/C23H25F2N5O2S/c1-14(2)7-16(13-31)28-23-29-19-4-3-17(9-21(19)33-23)32-18-5-6-26-20(8-18)15-10-27-30(11-15)12-22(24)25/h3-6,8-11,14,16,22,31H,7,12-13H2,1-2H3,(H,28,29). The highest BCUT2D eigenvalue weighted by Gasteiger charge is 2.13. The number of aliphatic hydroxyl groups excluding tert-OH is 1. The SMILES string of the molecule is CC(C)CC(CO)Nc1nc2ccc(Oc3ccnc(-c4cnn(CC(F)F)c4)c3)cc2s1. The molecule has 1 aromatic carbocycles. The first-order valence-corrected chi connectivity index (χ1v) is 11.4. The number of pyridine rings is 1. The molecule has 3 heterocycles. The lowest BCUT2D eigenvalue weighted by molar-refractivity contribution is 0.122. The fourth-order valence-electron chi connectivity index (χ4n) is 3.46. The van der Waals surface area contributed by atoms with Gasteiger partial charge in [0.15, 0.2) is 5.13 Å². The van der Waals surface area contributed by atoms with E-state index in [1.165, 1.54) is 28.4 Å². The number of ether oxygens (including phenoxy) is 1. The highest BCUT2D eigenvalue weighted by Crippen LogP contribution is 2.32. The minimum absolute atomic E-state index is 0.0402. The number of anilines is 1. The summed E-state index contributed by atoms with van der Waals surface area (Å²) in [7, 11) is 0. The molecular weight excluding hydrogens is 448 g/mol. The fourth-order valence-corrected chi connectivity index (χ4v) is 4.43. The van der Waals surface area contributed by atoms with Crippen molar-refractivity contribution in [3.05, 3.63) is 48.9 Å². The van der Waals surface area contributed by atoms with Gasteiger partial charge in [-0.15, -0.1) is 0 Å². The summed E-state index contributed by atoms with van der Waals surface area (Å²) in [5.74, 6) is 1.68. The summed E-state index contributed by atoms with van der Waals surface area (Å²) in [5.41, 5.74) is 2.06. The number of thiazole rings is 1. The zero-order valence-electron chi connectivity index (χ0n) is 18.3. The number of rotatable bonds is 10. The lowest BCUT2D eigenvalue weighted by Gasteiger charge is -2.17. The Morgan fingerprint density at radius 3 is 2.76 bits per heavy atom. The lowest BCUT2D eigenvalue weighted by atomic mass is 10.0. The Morgan fingerprint density at radius 1 is 1.18 bits per heavy atom. The molecular formula is C23H25F2N5O2S. The predicted molar refractivity (Wildman–Crippen MR) is 125 cm³/mol. The highest BCUT2D eigenvalue weighted by atomic mass is 32.1. The summed E-state index contributed by atoms with van der Waals surface area (Å²) in [6.45, 7) is 3.82. The van der Waals surface area contributed by atoms with E-state index in [0.29, 0.717) is 28.7 Å². The number of aliphatic hydroxyl groups is 1. The van der Waals surface area contributed by atoms with Gasteiger partial charge >= 0.3 is 0 Å². The zero-order valence-corrected chi connectivity index (χ0v) is 19.1. The van der Waals surface area contributed by atoms with E-state index in [-0.39, 0.29) is 12.6 Å². The molecule has 0 aliphatic carbocycles. The fraction of sp³-hybridized carbons (Fsp3) is 0.348. The maximum atomic E-state index is 12.6. The van der Waals surface area contributed by atoms with Gasteiger partial charge in [0, 0.05) is 30.1 Å². The van der Waals surface area contributed by atoms with Crippen LogP contribution in [0.3, 0.4) is 0 Å². The molecule has 0 fully saturated rings. The van der Waals surface area contributed by atoms with Gasteiger partial charge in [-0.25, -0.2) is 13.8 Å². The van der Waals surface area contributed by atoms with Crippen LogP contribution in [0.1, 0.15) is 20.3 Å². The lowest BCUT2D eigenvalue weighted by Crippen LogP contribution is -2.25. The largest absolute Gasteiger partial charge is 0.457 e. The molecule has 0 aliphatic heterocycles. The van der Waals surface area contributed by atoms with Gasteiger partial charge in [0.25, 0.3) is 6.43 Å². The van der Waals surface area contributed by atoms with Gasteiger partial charge in [0.2, 0.25) is 0 Å². The predicted octanol–water partition coefficient (Wildman–Crippen LogP) is 5.43. The average Bonchev–Trinajstić information content (AvgIpc) is 3.39.